The summed E-state index contributed by atoms with van der Waals surface area (Å²) in [5.74, 6) is -0.253. The normalized spacial score (nSPS) is 19.7. The van der Waals surface area contributed by atoms with Gasteiger partial charge in [0.2, 0.25) is 0 Å². The Morgan fingerprint density at radius 1 is 1.26 bits per heavy atom. The van der Waals surface area contributed by atoms with E-state index in [-0.39, 0.29) is 17.4 Å². The Labute approximate surface area is 162 Å². The number of urea groups is 1. The molecule has 2 heterocycles. The van der Waals surface area contributed by atoms with Crippen molar-refractivity contribution in [3.63, 3.8) is 0 Å². The van der Waals surface area contributed by atoms with Crippen LogP contribution in [0, 0.1) is 5.92 Å². The highest BCUT2D eigenvalue weighted by atomic mass is 32.2. The Morgan fingerprint density at radius 2 is 1.96 bits per heavy atom. The maximum absolute atomic E-state index is 12.8. The van der Waals surface area contributed by atoms with Crippen LogP contribution in [0.25, 0.3) is 0 Å². The highest BCUT2D eigenvalue weighted by Crippen LogP contribution is 2.36. The second kappa shape index (κ2) is 8.00. The molecule has 0 aliphatic carbocycles. The van der Waals surface area contributed by atoms with Crippen molar-refractivity contribution in [1.82, 2.24) is 4.90 Å². The highest BCUT2D eigenvalue weighted by Gasteiger charge is 2.48. The van der Waals surface area contributed by atoms with Gasteiger partial charge in [0, 0.05) is 10.5 Å². The van der Waals surface area contributed by atoms with E-state index in [9.17, 15) is 14.4 Å². The van der Waals surface area contributed by atoms with Crippen molar-refractivity contribution in [2.24, 2.45) is 10.9 Å². The van der Waals surface area contributed by atoms with Crippen LogP contribution in [0.1, 0.15) is 30.1 Å². The molecule has 0 N–H and O–H groups in total. The van der Waals surface area contributed by atoms with E-state index >= 15 is 0 Å². The van der Waals surface area contributed by atoms with Gasteiger partial charge in [-0.2, -0.15) is 9.48 Å². The third kappa shape index (κ3) is 3.64. The molecule has 6 nitrogen and oxygen atoms in total. The Balaban J connectivity index is 1.93. The number of benzene rings is 1. The summed E-state index contributed by atoms with van der Waals surface area (Å²) in [7, 11) is 3.10. The van der Waals surface area contributed by atoms with Crippen molar-refractivity contribution < 1.29 is 19.0 Å². The van der Waals surface area contributed by atoms with Crippen LogP contribution in [-0.4, -0.2) is 59.1 Å². The molecule has 0 bridgehead atoms. The number of thioether (sulfide) groups is 1. The first kappa shape index (κ1) is 19.2. The van der Waals surface area contributed by atoms with Crippen LogP contribution in [0.3, 0.4) is 0 Å². The van der Waals surface area contributed by atoms with Crippen molar-refractivity contribution in [1.29, 1.82) is 0 Å². The lowest BCUT2D eigenvalue weighted by atomic mass is 9.96. The van der Waals surface area contributed by atoms with Gasteiger partial charge in [0.15, 0.2) is 11.7 Å². The fourth-order valence-electron chi connectivity index (χ4n) is 3.18. The zero-order valence-corrected chi connectivity index (χ0v) is 16.5. The van der Waals surface area contributed by atoms with Gasteiger partial charge >= 0.3 is 11.9 Å². The van der Waals surface area contributed by atoms with Gasteiger partial charge in [-0.25, -0.2) is 4.79 Å². The minimum absolute atomic E-state index is 0.00838. The van der Waals surface area contributed by atoms with Crippen LogP contribution >= 0.6 is 11.8 Å². The minimum atomic E-state index is -0.627. The number of amidine groups is 1. The van der Waals surface area contributed by atoms with Gasteiger partial charge in [-0.3, -0.25) is 9.59 Å². The molecular formula is C20H22N3O3S+. The third-order valence-electron chi connectivity index (χ3n) is 4.66. The van der Waals surface area contributed by atoms with E-state index in [1.165, 1.54) is 23.4 Å². The van der Waals surface area contributed by atoms with Crippen LogP contribution < -0.4 is 0 Å². The molecule has 27 heavy (non-hydrogen) atoms. The van der Waals surface area contributed by atoms with Gasteiger partial charge in [-0.15, -0.1) is 16.8 Å². The van der Waals surface area contributed by atoms with Gasteiger partial charge in [0.25, 0.3) is 5.84 Å². The number of fused-ring (bicyclic) bond motifs is 1. The van der Waals surface area contributed by atoms with Crippen molar-refractivity contribution >= 4 is 41.5 Å². The van der Waals surface area contributed by atoms with E-state index in [2.05, 4.69) is 11.9 Å². The van der Waals surface area contributed by atoms with E-state index in [1.54, 1.807) is 25.4 Å². The second-order valence-electron chi connectivity index (χ2n) is 6.51. The molecule has 0 fully saturated rings. The molecule has 0 radical (unpaired) electrons. The summed E-state index contributed by atoms with van der Waals surface area (Å²) in [6.07, 6.45) is 3.40. The number of carbonyl (C=O) groups excluding carboxylic acids is 3. The molecule has 0 saturated carbocycles. The first-order chi connectivity index (χ1) is 13.0. The molecule has 140 valence electrons. The van der Waals surface area contributed by atoms with Crippen LogP contribution in [-0.2, 0) is 4.79 Å². The van der Waals surface area contributed by atoms with E-state index in [4.69, 9.17) is 0 Å². The van der Waals surface area contributed by atoms with E-state index < -0.39 is 11.9 Å². The van der Waals surface area contributed by atoms with Gasteiger partial charge in [0.05, 0.1) is 19.8 Å². The van der Waals surface area contributed by atoms with E-state index in [0.717, 1.165) is 28.2 Å². The lowest BCUT2D eigenvalue weighted by Gasteiger charge is -2.28. The van der Waals surface area contributed by atoms with Crippen LogP contribution in [0.2, 0.25) is 0 Å². The predicted molar refractivity (Wildman–Crippen MR) is 107 cm³/mol. The second-order valence-corrected chi connectivity index (χ2v) is 7.52. The molecule has 3 rings (SSSR count). The molecule has 1 aromatic carbocycles. The lowest BCUT2D eigenvalue weighted by Crippen LogP contribution is -2.52. The Morgan fingerprint density at radius 3 is 2.63 bits per heavy atom. The third-order valence-corrected chi connectivity index (χ3v) is 5.87. The standard InChI is InChI=1S/C20H22N3O3S/c1-4-8-14-11-21-18-16(19(25)23(3)20(26)22(18)2)17(14)27-12-15(24)13-9-6-5-7-10-13/h5-7,9-11,16H,4,8,12H2,1-3H3/q+1. The number of amides is 3. The largest absolute Gasteiger partial charge is 0.445 e. The molecule has 0 aromatic heterocycles. The van der Waals surface area contributed by atoms with E-state index in [1.807, 2.05) is 18.2 Å². The van der Waals surface area contributed by atoms with E-state index in [0.29, 0.717) is 11.4 Å². The van der Waals surface area contributed by atoms with Crippen molar-refractivity contribution in [3.8, 4) is 0 Å². The topological polar surface area (TPSA) is 69.8 Å². The molecular weight excluding hydrogens is 362 g/mol. The Bertz CT molecular complexity index is 887. The predicted octanol–water partition coefficient (Wildman–Crippen LogP) is 2.99. The molecule has 2 aliphatic heterocycles. The summed E-state index contributed by atoms with van der Waals surface area (Å²) in [6.45, 7) is 2.06. The first-order valence-corrected chi connectivity index (χ1v) is 9.84. The number of hydrogen-bond acceptors (Lipinski definition) is 5. The summed E-state index contributed by atoms with van der Waals surface area (Å²) in [5, 5.41) is 0. The number of imide groups is 1. The maximum atomic E-state index is 12.8. The molecule has 0 spiro atoms. The SMILES string of the molecule is CCCC1=C(SCC(=O)c2ccccc2)C2C(=O)N(C)C(=O)[N+](C)=C2N=C1. The molecule has 2 aliphatic rings. The fourth-order valence-corrected chi connectivity index (χ4v) is 4.35. The molecule has 3 amide bonds. The summed E-state index contributed by atoms with van der Waals surface area (Å²) in [4.78, 5) is 43.9. The number of hydrogen-bond donors (Lipinski definition) is 0. The fraction of sp³-hybridized carbons (Fsp3) is 0.350. The molecule has 1 atom stereocenters. The number of Topliss-reactive ketones (excluding diaryl/α,β-unsaturated/α-hetero) is 1. The lowest BCUT2D eigenvalue weighted by molar-refractivity contribution is -0.407. The molecule has 7 heteroatoms. The van der Waals surface area contributed by atoms with Gasteiger partial charge in [-0.05, 0) is 12.0 Å². The highest BCUT2D eigenvalue weighted by molar-refractivity contribution is 8.03. The number of dihydropyridines is 1. The number of allylic oxidation sites excluding steroid dienone is 1. The zero-order valence-electron chi connectivity index (χ0n) is 15.6. The summed E-state index contributed by atoms with van der Waals surface area (Å²) < 4.78 is 1.41. The van der Waals surface area contributed by atoms with Crippen LogP contribution in [0.5, 0.6) is 0 Å². The molecule has 1 unspecified atom stereocenters. The monoisotopic (exact) mass is 384 g/mol. The summed E-state index contributed by atoms with van der Waals surface area (Å²) in [5.41, 5.74) is 1.61. The average Bonchev–Trinajstić information content (AvgIpc) is 2.69. The van der Waals surface area contributed by atoms with Crippen LogP contribution in [0.4, 0.5) is 4.79 Å². The smallest absolute Gasteiger partial charge is 0.293 e. The number of nitrogens with zero attached hydrogens (tertiary/aromatic N) is 3. The van der Waals surface area contributed by atoms with Crippen LogP contribution in [0.15, 0.2) is 45.8 Å². The summed E-state index contributed by atoms with van der Waals surface area (Å²) in [6, 6.07) is 8.71. The zero-order chi connectivity index (χ0) is 19.6. The Kier molecular flexibility index (Phi) is 5.70. The average molecular weight is 384 g/mol. The van der Waals surface area contributed by atoms with Gasteiger partial charge < -0.3 is 0 Å². The first-order valence-electron chi connectivity index (χ1n) is 8.86. The number of ketones is 1. The van der Waals surface area contributed by atoms with Crippen molar-refractivity contribution in [2.75, 3.05) is 19.8 Å². The van der Waals surface area contributed by atoms with Gasteiger partial charge in [0.1, 0.15) is 6.21 Å². The number of aliphatic imine (C=N–C) groups is 1. The maximum Gasteiger partial charge on any atom is 0.445 e. The summed E-state index contributed by atoms with van der Waals surface area (Å²) >= 11 is 1.38. The van der Waals surface area contributed by atoms with Crippen molar-refractivity contribution in [2.45, 2.75) is 19.8 Å². The quantitative estimate of drug-likeness (QED) is 0.558. The number of carbonyl (C=O) groups is 3. The molecule has 1 aromatic rings. The Hall–Kier alpha value is -2.54. The minimum Gasteiger partial charge on any atom is -0.293 e. The van der Waals surface area contributed by atoms with Gasteiger partial charge in [-0.1, -0.05) is 43.7 Å². The van der Waals surface area contributed by atoms with Crippen molar-refractivity contribution in [3.05, 3.63) is 46.4 Å². The number of rotatable bonds is 6. The molecule has 0 saturated heterocycles.